The summed E-state index contributed by atoms with van der Waals surface area (Å²) in [6, 6.07) is 8.31. The van der Waals surface area contributed by atoms with Crippen LogP contribution in [0.4, 0.5) is 11.4 Å². The minimum atomic E-state index is 0.465. The van der Waals surface area contributed by atoms with Crippen molar-refractivity contribution in [3.8, 4) is 0 Å². The highest BCUT2D eigenvalue weighted by molar-refractivity contribution is 5.58. The summed E-state index contributed by atoms with van der Waals surface area (Å²) in [4.78, 5) is 2.32. The lowest BCUT2D eigenvalue weighted by atomic mass is 10.2. The third-order valence-corrected chi connectivity index (χ3v) is 2.53. The molecular formula is C11H17N3O. The Morgan fingerprint density at radius 3 is 2.87 bits per heavy atom. The number of hydrogen-bond acceptors (Lipinski definition) is 4. The summed E-state index contributed by atoms with van der Waals surface area (Å²) in [6.07, 6.45) is 0. The second-order valence-electron chi connectivity index (χ2n) is 3.53. The zero-order valence-electron chi connectivity index (χ0n) is 8.78. The maximum Gasteiger partial charge on any atom is 0.0642 e. The van der Waals surface area contributed by atoms with Crippen LogP contribution in [0.3, 0.4) is 0 Å². The van der Waals surface area contributed by atoms with Crippen LogP contribution < -0.4 is 16.0 Å². The first-order chi connectivity index (χ1) is 7.40. The summed E-state index contributed by atoms with van der Waals surface area (Å²) in [5.74, 6) is 0. The predicted molar refractivity (Wildman–Crippen MR) is 62.2 cm³/mol. The number of benzene rings is 1. The molecule has 0 unspecified atom stereocenters. The SMILES string of the molecule is NCNc1cccc(N2CCOCC2)c1. The van der Waals surface area contributed by atoms with E-state index in [2.05, 4.69) is 22.3 Å². The van der Waals surface area contributed by atoms with E-state index in [1.54, 1.807) is 0 Å². The Balaban J connectivity index is 2.09. The van der Waals surface area contributed by atoms with Crippen LogP contribution in [0, 0.1) is 0 Å². The third kappa shape index (κ3) is 2.61. The molecule has 0 aromatic heterocycles. The van der Waals surface area contributed by atoms with E-state index in [0.717, 1.165) is 32.0 Å². The van der Waals surface area contributed by atoms with Gasteiger partial charge in [-0.2, -0.15) is 0 Å². The van der Waals surface area contributed by atoms with Gasteiger partial charge in [0.1, 0.15) is 0 Å². The van der Waals surface area contributed by atoms with Crippen LogP contribution in [0.25, 0.3) is 0 Å². The van der Waals surface area contributed by atoms with Crippen molar-refractivity contribution in [2.75, 3.05) is 43.2 Å². The van der Waals surface area contributed by atoms with Crippen LogP contribution in [0.5, 0.6) is 0 Å². The second-order valence-corrected chi connectivity index (χ2v) is 3.53. The van der Waals surface area contributed by atoms with E-state index in [1.165, 1.54) is 5.69 Å². The Morgan fingerprint density at radius 2 is 2.13 bits per heavy atom. The summed E-state index contributed by atoms with van der Waals surface area (Å²) in [6.45, 7) is 4.02. The minimum Gasteiger partial charge on any atom is -0.378 e. The number of hydrogen-bond donors (Lipinski definition) is 2. The molecule has 4 nitrogen and oxygen atoms in total. The zero-order valence-corrected chi connectivity index (χ0v) is 8.78. The molecule has 3 N–H and O–H groups in total. The molecule has 0 aliphatic carbocycles. The summed E-state index contributed by atoms with van der Waals surface area (Å²) in [7, 11) is 0. The predicted octanol–water partition coefficient (Wildman–Crippen LogP) is 0.851. The highest BCUT2D eigenvalue weighted by atomic mass is 16.5. The molecule has 0 atom stereocenters. The van der Waals surface area contributed by atoms with Gasteiger partial charge in [-0.1, -0.05) is 6.07 Å². The van der Waals surface area contributed by atoms with Crippen molar-refractivity contribution < 1.29 is 4.74 Å². The number of nitrogens with two attached hydrogens (primary N) is 1. The molecule has 0 amide bonds. The van der Waals surface area contributed by atoms with Crippen LogP contribution in [0.1, 0.15) is 0 Å². The molecule has 1 aliphatic rings. The highest BCUT2D eigenvalue weighted by Crippen LogP contribution is 2.19. The average molecular weight is 207 g/mol. The quantitative estimate of drug-likeness (QED) is 0.721. The molecule has 1 aliphatic heterocycles. The van der Waals surface area contributed by atoms with E-state index in [1.807, 2.05) is 12.1 Å². The topological polar surface area (TPSA) is 50.5 Å². The van der Waals surface area contributed by atoms with Crippen molar-refractivity contribution in [2.45, 2.75) is 0 Å². The lowest BCUT2D eigenvalue weighted by Crippen LogP contribution is -2.36. The lowest BCUT2D eigenvalue weighted by molar-refractivity contribution is 0.122. The Bertz CT molecular complexity index is 310. The first-order valence-electron chi connectivity index (χ1n) is 5.27. The second kappa shape index (κ2) is 5.00. The van der Waals surface area contributed by atoms with E-state index in [0.29, 0.717) is 6.67 Å². The van der Waals surface area contributed by atoms with Gasteiger partial charge in [0.15, 0.2) is 0 Å². The number of anilines is 2. The van der Waals surface area contributed by atoms with Crippen LogP contribution in [-0.4, -0.2) is 33.0 Å². The van der Waals surface area contributed by atoms with Crippen LogP contribution >= 0.6 is 0 Å². The number of rotatable bonds is 3. The van der Waals surface area contributed by atoms with Gasteiger partial charge < -0.3 is 20.7 Å². The standard InChI is InChI=1S/C11H17N3O/c12-9-13-10-2-1-3-11(8-10)14-4-6-15-7-5-14/h1-3,8,13H,4-7,9,12H2. The maximum absolute atomic E-state index is 5.44. The van der Waals surface area contributed by atoms with Crippen molar-refractivity contribution >= 4 is 11.4 Å². The molecule has 0 spiro atoms. The van der Waals surface area contributed by atoms with E-state index in [4.69, 9.17) is 10.5 Å². The fourth-order valence-corrected chi connectivity index (χ4v) is 1.75. The minimum absolute atomic E-state index is 0.465. The average Bonchev–Trinajstić information content (AvgIpc) is 2.31. The first-order valence-corrected chi connectivity index (χ1v) is 5.27. The molecule has 0 bridgehead atoms. The molecule has 15 heavy (non-hydrogen) atoms. The molecule has 82 valence electrons. The number of ether oxygens (including phenoxy) is 1. The van der Waals surface area contributed by atoms with Crippen LogP contribution in [0.2, 0.25) is 0 Å². The summed E-state index contributed by atoms with van der Waals surface area (Å²) >= 11 is 0. The van der Waals surface area contributed by atoms with E-state index < -0.39 is 0 Å². The molecule has 1 saturated heterocycles. The van der Waals surface area contributed by atoms with Gasteiger partial charge in [0.25, 0.3) is 0 Å². The number of nitrogens with zero attached hydrogens (tertiary/aromatic N) is 1. The molecule has 2 rings (SSSR count). The summed E-state index contributed by atoms with van der Waals surface area (Å²) in [5, 5.41) is 3.11. The zero-order chi connectivity index (χ0) is 10.5. The lowest BCUT2D eigenvalue weighted by Gasteiger charge is -2.29. The van der Waals surface area contributed by atoms with Crippen LogP contribution in [0.15, 0.2) is 24.3 Å². The highest BCUT2D eigenvalue weighted by Gasteiger charge is 2.10. The van der Waals surface area contributed by atoms with E-state index in [-0.39, 0.29) is 0 Å². The molecule has 1 aromatic rings. The van der Waals surface area contributed by atoms with Gasteiger partial charge in [-0.25, -0.2) is 0 Å². The fourth-order valence-electron chi connectivity index (χ4n) is 1.75. The Labute approximate surface area is 90.0 Å². The smallest absolute Gasteiger partial charge is 0.0642 e. The van der Waals surface area contributed by atoms with Gasteiger partial charge in [-0.05, 0) is 18.2 Å². The van der Waals surface area contributed by atoms with Gasteiger partial charge in [0.05, 0.1) is 19.9 Å². The van der Waals surface area contributed by atoms with Crippen molar-refractivity contribution in [3.05, 3.63) is 24.3 Å². The maximum atomic E-state index is 5.44. The molecule has 1 heterocycles. The first kappa shape index (κ1) is 10.3. The molecule has 4 heteroatoms. The van der Waals surface area contributed by atoms with E-state index >= 15 is 0 Å². The van der Waals surface area contributed by atoms with Crippen molar-refractivity contribution in [3.63, 3.8) is 0 Å². The molecule has 1 fully saturated rings. The normalized spacial score (nSPS) is 16.5. The van der Waals surface area contributed by atoms with Crippen molar-refractivity contribution in [1.29, 1.82) is 0 Å². The van der Waals surface area contributed by atoms with Crippen molar-refractivity contribution in [1.82, 2.24) is 0 Å². The largest absolute Gasteiger partial charge is 0.378 e. The molecule has 0 saturated carbocycles. The summed E-state index contributed by atoms with van der Waals surface area (Å²) < 4.78 is 5.32. The van der Waals surface area contributed by atoms with E-state index in [9.17, 15) is 0 Å². The number of nitrogens with one attached hydrogen (secondary N) is 1. The monoisotopic (exact) mass is 207 g/mol. The van der Waals surface area contributed by atoms with Gasteiger partial charge in [-0.3, -0.25) is 0 Å². The van der Waals surface area contributed by atoms with Gasteiger partial charge in [0.2, 0.25) is 0 Å². The Morgan fingerprint density at radius 1 is 1.33 bits per heavy atom. The molecular weight excluding hydrogens is 190 g/mol. The molecule has 1 aromatic carbocycles. The van der Waals surface area contributed by atoms with Gasteiger partial charge in [-0.15, -0.1) is 0 Å². The third-order valence-electron chi connectivity index (χ3n) is 2.53. The van der Waals surface area contributed by atoms with Crippen molar-refractivity contribution in [2.24, 2.45) is 5.73 Å². The number of morpholine rings is 1. The van der Waals surface area contributed by atoms with Gasteiger partial charge >= 0.3 is 0 Å². The fraction of sp³-hybridized carbons (Fsp3) is 0.455. The summed E-state index contributed by atoms with van der Waals surface area (Å²) in [5.41, 5.74) is 7.75. The molecule has 0 radical (unpaired) electrons. The van der Waals surface area contributed by atoms with Gasteiger partial charge in [0, 0.05) is 24.5 Å². The Kier molecular flexibility index (Phi) is 3.42. The van der Waals surface area contributed by atoms with Crippen LogP contribution in [-0.2, 0) is 4.74 Å². The Hall–Kier alpha value is -1.26.